The van der Waals surface area contributed by atoms with Gasteiger partial charge in [0.15, 0.2) is 0 Å². The van der Waals surface area contributed by atoms with Crippen LogP contribution < -0.4 is 24.8 Å². The van der Waals surface area contributed by atoms with E-state index in [-0.39, 0.29) is 24.8 Å². The first-order valence-corrected chi connectivity index (χ1v) is 12.1. The van der Waals surface area contributed by atoms with Crippen LogP contribution in [0.3, 0.4) is 0 Å². The third-order valence-electron chi connectivity index (χ3n) is 6.27. The molecule has 0 aliphatic heterocycles. The molecule has 1 nitrogen and oxygen atoms in total. The topological polar surface area (TPSA) is 4.93 Å². The molecule has 0 saturated heterocycles. The minimum atomic E-state index is -0.803. The van der Waals surface area contributed by atoms with Crippen LogP contribution in [0.15, 0.2) is 56.5 Å². The molecular weight excluding hydrogens is 464 g/mol. The fraction of sp³-hybridized carbons (Fsp3) is 0.333. The van der Waals surface area contributed by atoms with Crippen LogP contribution in [0.2, 0.25) is 0 Å². The first-order chi connectivity index (χ1) is 12.4. The van der Waals surface area contributed by atoms with Gasteiger partial charge >= 0.3 is 170 Å². The van der Waals surface area contributed by atoms with E-state index in [0.29, 0.717) is 9.54 Å². The summed E-state index contributed by atoms with van der Waals surface area (Å²) in [5.74, 6) is 0.642. The zero-order valence-corrected chi connectivity index (χ0v) is 21.4. The van der Waals surface area contributed by atoms with Crippen molar-refractivity contribution in [2.45, 2.75) is 45.2 Å². The van der Waals surface area contributed by atoms with Gasteiger partial charge in [-0.25, -0.2) is 0 Å². The number of allylic oxidation sites excluding steroid dienone is 5. The summed E-state index contributed by atoms with van der Waals surface area (Å²) in [6.07, 6.45) is 4.75. The standard InChI is InChI=1S/C15H14N.C9H13.2ClH.Zr/c1-11-7-12(2)16(10-11)15-8-13-5-3-4-6-14(13)9-15;1-6-5-7(2)9(4)8(6)3;;;/h3-10H,1-2H3;6H,1-4H3;2*1H;/q;;;;+2/p-2. The van der Waals surface area contributed by atoms with Gasteiger partial charge in [0.25, 0.3) is 0 Å². The van der Waals surface area contributed by atoms with Crippen molar-refractivity contribution in [3.8, 4) is 0 Å². The average Bonchev–Trinajstić information content (AvgIpc) is 3.20. The van der Waals surface area contributed by atoms with E-state index < -0.39 is 23.2 Å². The Morgan fingerprint density at radius 2 is 1.61 bits per heavy atom. The van der Waals surface area contributed by atoms with E-state index in [9.17, 15) is 0 Å². The number of benzene rings is 1. The van der Waals surface area contributed by atoms with Crippen molar-refractivity contribution in [2.24, 2.45) is 5.92 Å². The molecule has 4 rings (SSSR count). The molecule has 2 aromatic rings. The number of hydrogen-bond donors (Lipinski definition) is 0. The minimum absolute atomic E-state index is 0. The minimum Gasteiger partial charge on any atom is -1.00 e. The Hall–Kier alpha value is -0.817. The van der Waals surface area contributed by atoms with Gasteiger partial charge in [-0.1, -0.05) is 0 Å². The molecule has 0 fully saturated rings. The number of aryl methyl sites for hydroxylation is 2. The molecule has 146 valence electrons. The molecule has 1 aromatic carbocycles. The van der Waals surface area contributed by atoms with Crippen molar-refractivity contribution >= 4 is 11.8 Å². The second-order valence-electron chi connectivity index (χ2n) is 7.87. The molecule has 0 spiro atoms. The van der Waals surface area contributed by atoms with Crippen LogP contribution in [0.1, 0.15) is 53.7 Å². The Morgan fingerprint density at radius 1 is 0.929 bits per heavy atom. The molecule has 0 saturated carbocycles. The maximum Gasteiger partial charge on any atom is -1.00 e. The van der Waals surface area contributed by atoms with Crippen molar-refractivity contribution in [1.82, 2.24) is 4.57 Å². The van der Waals surface area contributed by atoms with E-state index in [1.54, 1.807) is 25.6 Å². The number of halogens is 2. The largest absolute Gasteiger partial charge is 1.00 e. The summed E-state index contributed by atoms with van der Waals surface area (Å²) in [4.78, 5) is 0. The molecule has 2 aliphatic carbocycles. The number of aromatic nitrogens is 1. The van der Waals surface area contributed by atoms with E-state index in [0.717, 1.165) is 0 Å². The van der Waals surface area contributed by atoms with Crippen LogP contribution in [0.5, 0.6) is 0 Å². The average molecular weight is 492 g/mol. The van der Waals surface area contributed by atoms with E-state index in [4.69, 9.17) is 0 Å². The Labute approximate surface area is 193 Å². The molecule has 1 heterocycles. The smallest absolute Gasteiger partial charge is 1.00 e. The molecule has 0 radical (unpaired) electrons. The zero-order chi connectivity index (χ0) is 18.6. The molecule has 2 aliphatic rings. The van der Waals surface area contributed by atoms with E-state index in [1.165, 1.54) is 22.5 Å². The predicted octanol–water partition coefficient (Wildman–Crippen LogP) is 0.508. The van der Waals surface area contributed by atoms with Crippen LogP contribution in [0, 0.1) is 19.8 Å². The van der Waals surface area contributed by atoms with Crippen molar-refractivity contribution in [2.75, 3.05) is 0 Å². The number of hydrogen-bond acceptors (Lipinski definition) is 0. The van der Waals surface area contributed by atoms with Gasteiger partial charge < -0.3 is 24.8 Å². The van der Waals surface area contributed by atoms with Gasteiger partial charge in [-0.05, 0) is 0 Å². The molecule has 2 atom stereocenters. The van der Waals surface area contributed by atoms with Gasteiger partial charge in [-0.3, -0.25) is 0 Å². The Kier molecular flexibility index (Phi) is 7.46. The van der Waals surface area contributed by atoms with Crippen LogP contribution in [-0.4, -0.2) is 4.57 Å². The summed E-state index contributed by atoms with van der Waals surface area (Å²) in [7, 11) is 0. The molecular formula is C24H27Cl2NZr. The first-order valence-electron chi connectivity index (χ1n) is 9.50. The van der Waals surface area contributed by atoms with Crippen molar-refractivity contribution in [1.29, 1.82) is 0 Å². The van der Waals surface area contributed by atoms with Gasteiger partial charge in [-0.2, -0.15) is 0 Å². The van der Waals surface area contributed by atoms with Crippen LogP contribution in [0.4, 0.5) is 0 Å². The Morgan fingerprint density at radius 3 is 2.18 bits per heavy atom. The fourth-order valence-corrected chi connectivity index (χ4v) is 9.28. The first kappa shape index (κ1) is 23.5. The van der Waals surface area contributed by atoms with Gasteiger partial charge in [-0.15, -0.1) is 0 Å². The van der Waals surface area contributed by atoms with Crippen molar-refractivity contribution in [3.05, 3.63) is 78.9 Å². The van der Waals surface area contributed by atoms with E-state index in [1.807, 2.05) is 0 Å². The van der Waals surface area contributed by atoms with E-state index in [2.05, 4.69) is 88.7 Å². The Bertz CT molecular complexity index is 994. The SMILES string of the molecule is CC1=C(C)C(C)[C]([Zr+2][CH]2C(n3cc(C)cc3C)=Cc3ccccc32)=C1C.[Cl-].[Cl-]. The molecule has 4 heteroatoms. The van der Waals surface area contributed by atoms with Crippen LogP contribution in [0.25, 0.3) is 11.8 Å². The molecule has 0 N–H and O–H groups in total. The molecule has 1 aromatic heterocycles. The van der Waals surface area contributed by atoms with Crippen molar-refractivity contribution in [3.63, 3.8) is 0 Å². The third-order valence-corrected chi connectivity index (χ3v) is 11.2. The summed E-state index contributed by atoms with van der Waals surface area (Å²) < 4.78 is 4.84. The number of rotatable bonds is 3. The summed E-state index contributed by atoms with van der Waals surface area (Å²) in [6, 6.07) is 11.3. The predicted molar refractivity (Wildman–Crippen MR) is 107 cm³/mol. The van der Waals surface area contributed by atoms with Gasteiger partial charge in [0.1, 0.15) is 0 Å². The summed E-state index contributed by atoms with van der Waals surface area (Å²) in [5, 5.41) is 0. The monoisotopic (exact) mass is 489 g/mol. The van der Waals surface area contributed by atoms with E-state index >= 15 is 0 Å². The maximum absolute atomic E-state index is 2.45. The van der Waals surface area contributed by atoms with Crippen molar-refractivity contribution < 1.29 is 48.0 Å². The normalized spacial score (nSPS) is 20.4. The van der Waals surface area contributed by atoms with Crippen LogP contribution in [-0.2, 0) is 23.2 Å². The van der Waals surface area contributed by atoms with Crippen LogP contribution >= 0.6 is 0 Å². The Balaban J connectivity index is 0.00000140. The molecule has 0 amide bonds. The molecule has 28 heavy (non-hydrogen) atoms. The van der Waals surface area contributed by atoms with Gasteiger partial charge in [0, 0.05) is 0 Å². The number of fused-ring (bicyclic) bond motifs is 1. The zero-order valence-electron chi connectivity index (χ0n) is 17.4. The summed E-state index contributed by atoms with van der Waals surface area (Å²) >= 11 is -0.803. The third kappa shape index (κ3) is 3.81. The molecule has 0 bridgehead atoms. The summed E-state index contributed by atoms with van der Waals surface area (Å²) in [5.41, 5.74) is 11.9. The van der Waals surface area contributed by atoms with Gasteiger partial charge in [0.2, 0.25) is 0 Å². The summed E-state index contributed by atoms with van der Waals surface area (Å²) in [6.45, 7) is 13.8. The second kappa shape index (κ2) is 8.90. The second-order valence-corrected chi connectivity index (χ2v) is 11.3. The number of nitrogens with zero attached hydrogens (tertiary/aromatic N) is 1. The fourth-order valence-electron chi connectivity index (χ4n) is 4.44. The quantitative estimate of drug-likeness (QED) is 0.590. The molecule has 2 unspecified atom stereocenters. The van der Waals surface area contributed by atoms with Gasteiger partial charge in [0.05, 0.1) is 0 Å². The maximum atomic E-state index is 2.45.